The van der Waals surface area contributed by atoms with Gasteiger partial charge in [0.2, 0.25) is 5.91 Å². The number of hydrogen-bond acceptors (Lipinski definition) is 1. The molecule has 0 unspecified atom stereocenters. The van der Waals surface area contributed by atoms with Crippen LogP contribution in [-0.2, 0) is 4.79 Å². The van der Waals surface area contributed by atoms with E-state index in [0.717, 1.165) is 18.4 Å². The van der Waals surface area contributed by atoms with Gasteiger partial charge in [-0.15, -0.1) is 0 Å². The van der Waals surface area contributed by atoms with Crippen LogP contribution in [0.5, 0.6) is 0 Å². The van der Waals surface area contributed by atoms with Crippen LogP contribution >= 0.6 is 0 Å². The number of hydrogen-bond donors (Lipinski definition) is 1. The topological polar surface area (TPSA) is 29.1 Å². The molecule has 15 heavy (non-hydrogen) atoms. The van der Waals surface area contributed by atoms with Gasteiger partial charge in [-0.05, 0) is 6.42 Å². The van der Waals surface area contributed by atoms with Crippen LogP contribution in [0, 0.1) is 11.8 Å². The van der Waals surface area contributed by atoms with Crippen LogP contribution < -0.4 is 5.32 Å². The maximum absolute atomic E-state index is 10.6. The van der Waals surface area contributed by atoms with Gasteiger partial charge in [0.1, 0.15) is 0 Å². The third-order valence-electron chi connectivity index (χ3n) is 1.97. The molecule has 0 radical (unpaired) electrons. The molecule has 0 saturated carbocycles. The van der Waals surface area contributed by atoms with Crippen molar-refractivity contribution in [1.29, 1.82) is 0 Å². The van der Waals surface area contributed by atoms with E-state index in [1.54, 1.807) is 0 Å². The Bertz CT molecular complexity index is 257. The Hall–Kier alpha value is -1.23. The Kier molecular flexibility index (Phi) is 8.56. The molecule has 2 nitrogen and oxygen atoms in total. The highest BCUT2D eigenvalue weighted by Crippen LogP contribution is 2.01. The highest BCUT2D eigenvalue weighted by atomic mass is 16.1. The average molecular weight is 207 g/mol. The number of rotatable bonds is 6. The van der Waals surface area contributed by atoms with Crippen LogP contribution in [-0.4, -0.2) is 12.5 Å². The van der Waals surface area contributed by atoms with Crippen molar-refractivity contribution < 1.29 is 4.79 Å². The van der Waals surface area contributed by atoms with Crippen molar-refractivity contribution in [2.24, 2.45) is 0 Å². The van der Waals surface area contributed by atoms with Crippen LogP contribution in [0.25, 0.3) is 0 Å². The molecule has 0 aromatic carbocycles. The number of carbonyl (C=O) groups excluding carboxylic acids is 1. The van der Waals surface area contributed by atoms with Crippen molar-refractivity contribution in [3.8, 4) is 11.8 Å². The van der Waals surface area contributed by atoms with Crippen molar-refractivity contribution >= 4 is 5.91 Å². The first-order valence-corrected chi connectivity index (χ1v) is 5.58. The van der Waals surface area contributed by atoms with Crippen molar-refractivity contribution in [2.75, 3.05) is 6.54 Å². The molecule has 0 spiro atoms. The van der Waals surface area contributed by atoms with Crippen molar-refractivity contribution in [2.45, 2.75) is 46.0 Å². The molecule has 0 saturated heterocycles. The summed E-state index contributed by atoms with van der Waals surface area (Å²) < 4.78 is 0. The van der Waals surface area contributed by atoms with Gasteiger partial charge in [0.05, 0.1) is 6.54 Å². The Morgan fingerprint density at radius 3 is 2.67 bits per heavy atom. The quantitative estimate of drug-likeness (QED) is 0.526. The summed E-state index contributed by atoms with van der Waals surface area (Å²) in [6.07, 6.45) is 5.88. The molecule has 2 heteroatoms. The summed E-state index contributed by atoms with van der Waals surface area (Å²) in [6.45, 7) is 7.93. The molecule has 0 aliphatic rings. The van der Waals surface area contributed by atoms with E-state index in [0.29, 0.717) is 6.54 Å². The van der Waals surface area contributed by atoms with E-state index in [9.17, 15) is 4.79 Å². The average Bonchev–Trinajstić information content (AvgIpc) is 2.20. The normalized spacial score (nSPS) is 8.93. The first-order valence-electron chi connectivity index (χ1n) is 5.58. The molecule has 0 aromatic heterocycles. The predicted molar refractivity (Wildman–Crippen MR) is 64.4 cm³/mol. The Balaban J connectivity index is 3.49. The second-order valence-corrected chi connectivity index (χ2v) is 3.63. The first kappa shape index (κ1) is 13.8. The molecule has 1 amide bonds. The first-order chi connectivity index (χ1) is 7.16. The molecule has 84 valence electrons. The summed E-state index contributed by atoms with van der Waals surface area (Å²) in [4.78, 5) is 10.6. The molecule has 0 atom stereocenters. The van der Waals surface area contributed by atoms with Gasteiger partial charge in [-0.3, -0.25) is 4.79 Å². The van der Waals surface area contributed by atoms with Gasteiger partial charge in [0.25, 0.3) is 0 Å². The molecule has 0 fully saturated rings. The summed E-state index contributed by atoms with van der Waals surface area (Å²) >= 11 is 0. The van der Waals surface area contributed by atoms with Gasteiger partial charge in [-0.2, -0.15) is 0 Å². The number of carbonyl (C=O) groups is 1. The SMILES string of the molecule is C=C(C#CCCCCCC)CNC(C)=O. The smallest absolute Gasteiger partial charge is 0.217 e. The van der Waals surface area contributed by atoms with Crippen molar-refractivity contribution in [1.82, 2.24) is 5.32 Å². The van der Waals surface area contributed by atoms with Gasteiger partial charge < -0.3 is 5.32 Å². The molecule has 1 N–H and O–H groups in total. The fourth-order valence-electron chi connectivity index (χ4n) is 1.10. The zero-order chi connectivity index (χ0) is 11.5. The lowest BCUT2D eigenvalue weighted by molar-refractivity contribution is -0.118. The summed E-state index contributed by atoms with van der Waals surface area (Å²) in [5.74, 6) is 5.98. The minimum Gasteiger partial charge on any atom is -0.352 e. The standard InChI is InChI=1S/C13H21NO/c1-4-5-6-7-8-9-10-12(2)11-14-13(3)15/h2,4-8,11H2,1,3H3,(H,14,15). The Labute approximate surface area is 93.1 Å². The Morgan fingerprint density at radius 1 is 1.33 bits per heavy atom. The van der Waals surface area contributed by atoms with Gasteiger partial charge >= 0.3 is 0 Å². The largest absolute Gasteiger partial charge is 0.352 e. The molecule has 0 heterocycles. The molecular weight excluding hydrogens is 186 g/mol. The molecule has 0 aromatic rings. The summed E-state index contributed by atoms with van der Waals surface area (Å²) in [5, 5.41) is 2.67. The van der Waals surface area contributed by atoms with E-state index in [1.165, 1.54) is 26.2 Å². The van der Waals surface area contributed by atoms with Gasteiger partial charge in [-0.25, -0.2) is 0 Å². The van der Waals surface area contributed by atoms with Gasteiger partial charge in [-0.1, -0.05) is 44.6 Å². The minimum absolute atomic E-state index is 0.0408. The lowest BCUT2D eigenvalue weighted by atomic mass is 10.1. The third kappa shape index (κ3) is 10.7. The molecular formula is C13H21NO. The van der Waals surface area contributed by atoms with E-state index in [-0.39, 0.29) is 5.91 Å². The second-order valence-electron chi connectivity index (χ2n) is 3.63. The van der Waals surface area contributed by atoms with E-state index in [1.807, 2.05) is 0 Å². The minimum atomic E-state index is -0.0408. The number of amides is 1. The fourth-order valence-corrected chi connectivity index (χ4v) is 1.10. The summed E-state index contributed by atoms with van der Waals surface area (Å²) in [5.41, 5.74) is 0.778. The van der Waals surface area contributed by atoms with E-state index < -0.39 is 0 Å². The van der Waals surface area contributed by atoms with Crippen LogP contribution in [0.4, 0.5) is 0 Å². The predicted octanol–water partition coefficient (Wildman–Crippen LogP) is 2.65. The zero-order valence-electron chi connectivity index (χ0n) is 9.86. The molecule has 0 aliphatic carbocycles. The van der Waals surface area contributed by atoms with E-state index in [4.69, 9.17) is 0 Å². The van der Waals surface area contributed by atoms with E-state index >= 15 is 0 Å². The second kappa shape index (κ2) is 9.33. The number of nitrogens with one attached hydrogen (secondary N) is 1. The number of unbranched alkanes of at least 4 members (excludes halogenated alkanes) is 4. The monoisotopic (exact) mass is 207 g/mol. The van der Waals surface area contributed by atoms with E-state index in [2.05, 4.69) is 30.7 Å². The van der Waals surface area contributed by atoms with Crippen LogP contribution in [0.1, 0.15) is 46.0 Å². The zero-order valence-corrected chi connectivity index (χ0v) is 9.86. The summed E-state index contributed by atoms with van der Waals surface area (Å²) in [6, 6.07) is 0. The lowest BCUT2D eigenvalue weighted by Crippen LogP contribution is -2.21. The van der Waals surface area contributed by atoms with Crippen molar-refractivity contribution in [3.05, 3.63) is 12.2 Å². The van der Waals surface area contributed by atoms with Crippen molar-refractivity contribution in [3.63, 3.8) is 0 Å². The third-order valence-corrected chi connectivity index (χ3v) is 1.97. The highest BCUT2D eigenvalue weighted by molar-refractivity contribution is 5.73. The van der Waals surface area contributed by atoms with Crippen LogP contribution in [0.15, 0.2) is 12.2 Å². The highest BCUT2D eigenvalue weighted by Gasteiger charge is 1.91. The summed E-state index contributed by atoms with van der Waals surface area (Å²) in [7, 11) is 0. The molecule has 0 bridgehead atoms. The molecule has 0 aliphatic heterocycles. The maximum Gasteiger partial charge on any atom is 0.217 e. The lowest BCUT2D eigenvalue weighted by Gasteiger charge is -1.98. The molecule has 0 rings (SSSR count). The van der Waals surface area contributed by atoms with Crippen LogP contribution in [0.3, 0.4) is 0 Å². The van der Waals surface area contributed by atoms with Crippen LogP contribution in [0.2, 0.25) is 0 Å². The Morgan fingerprint density at radius 2 is 2.07 bits per heavy atom. The van der Waals surface area contributed by atoms with Gasteiger partial charge in [0.15, 0.2) is 0 Å². The fraction of sp³-hybridized carbons (Fsp3) is 0.615. The van der Waals surface area contributed by atoms with Gasteiger partial charge in [0, 0.05) is 18.9 Å². The maximum atomic E-state index is 10.6.